The SMILES string of the molecule is CC(=O)C(c1ccc(N)cc1)c1cccnc1. The molecule has 0 radical (unpaired) electrons. The molecule has 1 unspecified atom stereocenters. The molecule has 0 fully saturated rings. The van der Waals surface area contributed by atoms with E-state index in [2.05, 4.69) is 4.98 Å². The third-order valence-corrected chi connectivity index (χ3v) is 2.69. The van der Waals surface area contributed by atoms with Crippen molar-refractivity contribution in [1.29, 1.82) is 0 Å². The third kappa shape index (κ3) is 2.50. The normalized spacial score (nSPS) is 12.1. The van der Waals surface area contributed by atoms with Crippen LogP contribution in [0.3, 0.4) is 0 Å². The molecule has 0 amide bonds. The molecule has 3 heteroatoms. The van der Waals surface area contributed by atoms with Crippen molar-refractivity contribution >= 4 is 11.5 Å². The van der Waals surface area contributed by atoms with Gasteiger partial charge in [-0.05, 0) is 36.2 Å². The molecule has 1 heterocycles. The number of aromatic nitrogens is 1. The summed E-state index contributed by atoms with van der Waals surface area (Å²) < 4.78 is 0. The first-order valence-electron chi connectivity index (χ1n) is 5.44. The predicted molar refractivity (Wildman–Crippen MR) is 67.6 cm³/mol. The maximum Gasteiger partial charge on any atom is 0.141 e. The summed E-state index contributed by atoms with van der Waals surface area (Å²) in [4.78, 5) is 15.8. The number of hydrogen-bond donors (Lipinski definition) is 1. The lowest BCUT2D eigenvalue weighted by atomic mass is 9.89. The van der Waals surface area contributed by atoms with Gasteiger partial charge in [0.2, 0.25) is 0 Å². The zero-order chi connectivity index (χ0) is 12.3. The van der Waals surface area contributed by atoms with Crippen LogP contribution in [-0.2, 0) is 4.79 Å². The van der Waals surface area contributed by atoms with Crippen molar-refractivity contribution in [3.63, 3.8) is 0 Å². The number of nitrogens with zero attached hydrogens (tertiary/aromatic N) is 1. The van der Waals surface area contributed by atoms with Crippen LogP contribution in [0.2, 0.25) is 0 Å². The minimum atomic E-state index is -0.260. The number of ketones is 1. The number of hydrogen-bond acceptors (Lipinski definition) is 3. The Morgan fingerprint density at radius 1 is 1.18 bits per heavy atom. The van der Waals surface area contributed by atoms with Crippen LogP contribution in [0, 0.1) is 0 Å². The summed E-state index contributed by atoms with van der Waals surface area (Å²) >= 11 is 0. The van der Waals surface area contributed by atoms with E-state index >= 15 is 0 Å². The summed E-state index contributed by atoms with van der Waals surface area (Å²) in [6.07, 6.45) is 3.42. The maximum absolute atomic E-state index is 11.8. The van der Waals surface area contributed by atoms with Crippen molar-refractivity contribution in [3.8, 4) is 0 Å². The molecule has 86 valence electrons. The van der Waals surface area contributed by atoms with E-state index in [1.807, 2.05) is 36.4 Å². The topological polar surface area (TPSA) is 56.0 Å². The highest BCUT2D eigenvalue weighted by Gasteiger charge is 2.18. The molecule has 0 saturated carbocycles. The van der Waals surface area contributed by atoms with Crippen LogP contribution < -0.4 is 5.73 Å². The molecule has 2 aromatic rings. The van der Waals surface area contributed by atoms with E-state index < -0.39 is 0 Å². The summed E-state index contributed by atoms with van der Waals surface area (Å²) in [6, 6.07) is 11.1. The van der Waals surface area contributed by atoms with Crippen molar-refractivity contribution in [3.05, 3.63) is 59.9 Å². The highest BCUT2D eigenvalue weighted by Crippen LogP contribution is 2.25. The van der Waals surface area contributed by atoms with Crippen molar-refractivity contribution in [1.82, 2.24) is 4.98 Å². The van der Waals surface area contributed by atoms with Gasteiger partial charge < -0.3 is 5.73 Å². The van der Waals surface area contributed by atoms with E-state index in [0.29, 0.717) is 5.69 Å². The average molecular weight is 226 g/mol. The van der Waals surface area contributed by atoms with E-state index in [1.54, 1.807) is 19.3 Å². The monoisotopic (exact) mass is 226 g/mol. The van der Waals surface area contributed by atoms with E-state index in [4.69, 9.17) is 5.73 Å². The lowest BCUT2D eigenvalue weighted by molar-refractivity contribution is -0.117. The second kappa shape index (κ2) is 4.78. The molecule has 0 aliphatic heterocycles. The van der Waals surface area contributed by atoms with Crippen LogP contribution in [0.25, 0.3) is 0 Å². The predicted octanol–water partition coefficient (Wildman–Crippen LogP) is 2.38. The lowest BCUT2D eigenvalue weighted by Crippen LogP contribution is -2.10. The number of carbonyl (C=O) groups excluding carboxylic acids is 1. The summed E-state index contributed by atoms with van der Waals surface area (Å²) in [5, 5.41) is 0. The fourth-order valence-corrected chi connectivity index (χ4v) is 1.90. The summed E-state index contributed by atoms with van der Waals surface area (Å²) in [6.45, 7) is 1.59. The number of rotatable bonds is 3. The van der Waals surface area contributed by atoms with Gasteiger partial charge in [0.15, 0.2) is 0 Å². The second-order valence-electron chi connectivity index (χ2n) is 4.00. The number of pyridine rings is 1. The van der Waals surface area contributed by atoms with Gasteiger partial charge in [0.25, 0.3) is 0 Å². The van der Waals surface area contributed by atoms with Gasteiger partial charge in [-0.25, -0.2) is 0 Å². The Labute approximate surface area is 100 Å². The largest absolute Gasteiger partial charge is 0.399 e. The number of anilines is 1. The zero-order valence-electron chi connectivity index (χ0n) is 9.63. The van der Waals surface area contributed by atoms with Crippen LogP contribution in [0.1, 0.15) is 24.0 Å². The van der Waals surface area contributed by atoms with Crippen LogP contribution >= 0.6 is 0 Å². The highest BCUT2D eigenvalue weighted by atomic mass is 16.1. The summed E-state index contributed by atoms with van der Waals surface area (Å²) in [5.74, 6) is -0.160. The fraction of sp³-hybridized carbons (Fsp3) is 0.143. The number of Topliss-reactive ketones (excluding diaryl/α,β-unsaturated/α-hetero) is 1. The molecule has 3 nitrogen and oxygen atoms in total. The van der Waals surface area contributed by atoms with Gasteiger partial charge in [0, 0.05) is 18.1 Å². The van der Waals surface area contributed by atoms with Gasteiger partial charge in [-0.1, -0.05) is 18.2 Å². The summed E-state index contributed by atoms with van der Waals surface area (Å²) in [7, 11) is 0. The van der Waals surface area contributed by atoms with Gasteiger partial charge in [-0.3, -0.25) is 9.78 Å². The smallest absolute Gasteiger partial charge is 0.141 e. The maximum atomic E-state index is 11.8. The Balaban J connectivity index is 2.43. The Bertz CT molecular complexity index is 506. The molecule has 0 bridgehead atoms. The number of nitrogen functional groups attached to an aromatic ring is 1. The Hall–Kier alpha value is -2.16. The molecule has 0 spiro atoms. The van der Waals surface area contributed by atoms with Crippen LogP contribution in [0.4, 0.5) is 5.69 Å². The number of nitrogens with two attached hydrogens (primary N) is 1. The lowest BCUT2D eigenvalue weighted by Gasteiger charge is -2.14. The molecule has 1 aromatic heterocycles. The minimum absolute atomic E-state index is 0.0998. The zero-order valence-corrected chi connectivity index (χ0v) is 9.63. The van der Waals surface area contributed by atoms with Crippen molar-refractivity contribution in [2.24, 2.45) is 0 Å². The van der Waals surface area contributed by atoms with Gasteiger partial charge in [0.05, 0.1) is 5.92 Å². The Morgan fingerprint density at radius 3 is 2.41 bits per heavy atom. The van der Waals surface area contributed by atoms with Crippen molar-refractivity contribution in [2.45, 2.75) is 12.8 Å². The van der Waals surface area contributed by atoms with E-state index in [0.717, 1.165) is 11.1 Å². The molecule has 1 aromatic carbocycles. The van der Waals surface area contributed by atoms with E-state index in [9.17, 15) is 4.79 Å². The van der Waals surface area contributed by atoms with Crippen LogP contribution in [-0.4, -0.2) is 10.8 Å². The fourth-order valence-electron chi connectivity index (χ4n) is 1.90. The van der Waals surface area contributed by atoms with Crippen molar-refractivity contribution < 1.29 is 4.79 Å². The van der Waals surface area contributed by atoms with Gasteiger partial charge in [-0.2, -0.15) is 0 Å². The van der Waals surface area contributed by atoms with Gasteiger partial charge in [0.1, 0.15) is 5.78 Å². The standard InChI is InChI=1S/C14H14N2O/c1-10(17)14(12-3-2-8-16-9-12)11-4-6-13(15)7-5-11/h2-9,14H,15H2,1H3. The Morgan fingerprint density at radius 2 is 1.88 bits per heavy atom. The molecular formula is C14H14N2O. The Kier molecular flexibility index (Phi) is 3.19. The van der Waals surface area contributed by atoms with Gasteiger partial charge >= 0.3 is 0 Å². The highest BCUT2D eigenvalue weighted by molar-refractivity contribution is 5.86. The molecule has 2 rings (SSSR count). The number of benzene rings is 1. The van der Waals surface area contributed by atoms with E-state index in [-0.39, 0.29) is 11.7 Å². The molecule has 1 atom stereocenters. The third-order valence-electron chi connectivity index (χ3n) is 2.69. The quantitative estimate of drug-likeness (QED) is 0.817. The van der Waals surface area contributed by atoms with Crippen LogP contribution in [0.5, 0.6) is 0 Å². The summed E-state index contributed by atoms with van der Waals surface area (Å²) in [5.41, 5.74) is 8.19. The van der Waals surface area contributed by atoms with E-state index in [1.165, 1.54) is 0 Å². The first kappa shape index (κ1) is 11.3. The first-order chi connectivity index (χ1) is 8.18. The minimum Gasteiger partial charge on any atom is -0.399 e. The molecule has 0 aliphatic rings. The molecular weight excluding hydrogens is 212 g/mol. The molecule has 0 saturated heterocycles. The molecule has 0 aliphatic carbocycles. The molecule has 2 N–H and O–H groups in total. The van der Waals surface area contributed by atoms with Gasteiger partial charge in [-0.15, -0.1) is 0 Å². The second-order valence-corrected chi connectivity index (χ2v) is 4.00. The van der Waals surface area contributed by atoms with Crippen molar-refractivity contribution in [2.75, 3.05) is 5.73 Å². The van der Waals surface area contributed by atoms with Crippen LogP contribution in [0.15, 0.2) is 48.8 Å². The molecule has 17 heavy (non-hydrogen) atoms. The average Bonchev–Trinajstić information content (AvgIpc) is 2.33. The number of carbonyl (C=O) groups is 1. The first-order valence-corrected chi connectivity index (χ1v) is 5.44.